The van der Waals surface area contributed by atoms with Gasteiger partial charge in [0.05, 0.1) is 5.75 Å². The summed E-state index contributed by atoms with van der Waals surface area (Å²) < 4.78 is 26.4. The Morgan fingerprint density at radius 3 is 2.00 bits per heavy atom. The molecule has 152 valence electrons. The molecule has 0 saturated carbocycles. The van der Waals surface area contributed by atoms with Gasteiger partial charge in [-0.25, -0.2) is 13.1 Å². The number of rotatable bonds is 8. The lowest BCUT2D eigenvalue weighted by molar-refractivity contribution is -0.133. The van der Waals surface area contributed by atoms with Gasteiger partial charge in [0.15, 0.2) is 0 Å². The number of sulfonamides is 1. The van der Waals surface area contributed by atoms with Crippen LogP contribution in [0.4, 0.5) is 0 Å². The molecule has 0 aliphatic carbocycles. The Balaban J connectivity index is 2.56. The molecule has 1 aromatic rings. The summed E-state index contributed by atoms with van der Waals surface area (Å²) in [5.41, 5.74) is 0.953. The standard InChI is InChI=1S/C19H31N3O4S/c1-13(2)22-27(25,26)12-16-9-7-15(8-10-16)11-20-17(23)14(3)21-18(24)19(4,5)6/h7-10,13-14,22H,11-12H2,1-6H3,(H,20,23)(H,21,24)/t14-/m1/s1. The lowest BCUT2D eigenvalue weighted by Crippen LogP contribution is -2.48. The monoisotopic (exact) mass is 397 g/mol. The molecule has 2 amide bonds. The molecule has 8 heteroatoms. The molecule has 0 radical (unpaired) electrons. The first-order valence-electron chi connectivity index (χ1n) is 8.96. The topological polar surface area (TPSA) is 104 Å². The second-order valence-corrected chi connectivity index (χ2v) is 9.76. The van der Waals surface area contributed by atoms with Gasteiger partial charge in [0.25, 0.3) is 0 Å². The molecule has 3 N–H and O–H groups in total. The number of hydrogen-bond acceptors (Lipinski definition) is 4. The van der Waals surface area contributed by atoms with E-state index in [1.807, 2.05) is 0 Å². The van der Waals surface area contributed by atoms with Gasteiger partial charge in [-0.15, -0.1) is 0 Å². The maximum Gasteiger partial charge on any atom is 0.242 e. The van der Waals surface area contributed by atoms with Crippen molar-refractivity contribution >= 4 is 21.8 Å². The maximum absolute atomic E-state index is 12.1. The molecule has 1 rings (SSSR count). The van der Waals surface area contributed by atoms with E-state index in [4.69, 9.17) is 0 Å². The molecule has 0 bridgehead atoms. The van der Waals surface area contributed by atoms with Crippen molar-refractivity contribution in [3.63, 3.8) is 0 Å². The van der Waals surface area contributed by atoms with E-state index in [1.165, 1.54) is 0 Å². The zero-order valence-corrected chi connectivity index (χ0v) is 17.7. The van der Waals surface area contributed by atoms with Gasteiger partial charge < -0.3 is 10.6 Å². The summed E-state index contributed by atoms with van der Waals surface area (Å²) in [5, 5.41) is 5.45. The zero-order chi connectivity index (χ0) is 20.8. The molecule has 7 nitrogen and oxygen atoms in total. The third-order valence-electron chi connectivity index (χ3n) is 3.68. The van der Waals surface area contributed by atoms with E-state index in [0.717, 1.165) is 5.56 Å². The molecule has 27 heavy (non-hydrogen) atoms. The van der Waals surface area contributed by atoms with Crippen LogP contribution in [-0.2, 0) is 31.9 Å². The zero-order valence-electron chi connectivity index (χ0n) is 16.9. The molecular formula is C19H31N3O4S. The van der Waals surface area contributed by atoms with E-state index in [1.54, 1.807) is 65.8 Å². The highest BCUT2D eigenvalue weighted by Crippen LogP contribution is 2.13. The summed E-state index contributed by atoms with van der Waals surface area (Å²) in [6.07, 6.45) is 0. The van der Waals surface area contributed by atoms with Gasteiger partial charge in [-0.05, 0) is 31.9 Å². The second-order valence-electron chi connectivity index (χ2n) is 8.01. The fourth-order valence-electron chi connectivity index (χ4n) is 2.19. The van der Waals surface area contributed by atoms with Crippen LogP contribution in [0.25, 0.3) is 0 Å². The lowest BCUT2D eigenvalue weighted by Gasteiger charge is -2.21. The van der Waals surface area contributed by atoms with Crippen LogP contribution in [-0.4, -0.2) is 32.3 Å². The first-order valence-corrected chi connectivity index (χ1v) is 10.6. The quantitative estimate of drug-likeness (QED) is 0.621. The predicted octanol–water partition coefficient (Wildman–Crippen LogP) is 1.68. The van der Waals surface area contributed by atoms with Crippen LogP contribution in [0.2, 0.25) is 0 Å². The van der Waals surface area contributed by atoms with E-state index in [9.17, 15) is 18.0 Å². The van der Waals surface area contributed by atoms with Crippen LogP contribution in [0.3, 0.4) is 0 Å². The molecule has 0 heterocycles. The Morgan fingerprint density at radius 1 is 1.00 bits per heavy atom. The third kappa shape index (κ3) is 8.53. The van der Waals surface area contributed by atoms with Crippen LogP contribution >= 0.6 is 0 Å². The second kappa shape index (κ2) is 9.32. The average molecular weight is 398 g/mol. The van der Waals surface area contributed by atoms with Gasteiger partial charge in [-0.2, -0.15) is 0 Å². The van der Waals surface area contributed by atoms with Crippen molar-refractivity contribution < 1.29 is 18.0 Å². The Bertz CT molecular complexity index is 750. The maximum atomic E-state index is 12.1. The van der Waals surface area contributed by atoms with Crippen molar-refractivity contribution in [1.29, 1.82) is 0 Å². The Labute approximate surface area is 162 Å². The SMILES string of the molecule is CC(C)NS(=O)(=O)Cc1ccc(CNC(=O)[C@@H](C)NC(=O)C(C)(C)C)cc1. The van der Waals surface area contributed by atoms with Gasteiger partial charge >= 0.3 is 0 Å². The number of amides is 2. The molecule has 1 atom stereocenters. The van der Waals surface area contributed by atoms with Gasteiger partial charge in [-0.1, -0.05) is 45.0 Å². The fraction of sp³-hybridized carbons (Fsp3) is 0.579. The van der Waals surface area contributed by atoms with Gasteiger partial charge in [0, 0.05) is 18.0 Å². The molecule has 0 fully saturated rings. The van der Waals surface area contributed by atoms with Gasteiger partial charge in [0.1, 0.15) is 6.04 Å². The fourth-order valence-corrected chi connectivity index (χ4v) is 3.63. The van der Waals surface area contributed by atoms with E-state index in [2.05, 4.69) is 15.4 Å². The van der Waals surface area contributed by atoms with Crippen LogP contribution < -0.4 is 15.4 Å². The van der Waals surface area contributed by atoms with Crippen molar-refractivity contribution in [2.45, 2.75) is 65.9 Å². The van der Waals surface area contributed by atoms with E-state index in [-0.39, 0.29) is 23.6 Å². The summed E-state index contributed by atoms with van der Waals surface area (Å²) >= 11 is 0. The highest BCUT2D eigenvalue weighted by molar-refractivity contribution is 7.88. The Hall–Kier alpha value is -1.93. The molecule has 0 saturated heterocycles. The number of hydrogen-bond donors (Lipinski definition) is 3. The minimum Gasteiger partial charge on any atom is -0.350 e. The first kappa shape index (κ1) is 23.1. The van der Waals surface area contributed by atoms with E-state index < -0.39 is 21.5 Å². The van der Waals surface area contributed by atoms with Crippen molar-refractivity contribution in [2.24, 2.45) is 5.41 Å². The first-order chi connectivity index (χ1) is 12.3. The molecule has 0 unspecified atom stereocenters. The van der Waals surface area contributed by atoms with Gasteiger partial charge in [0.2, 0.25) is 21.8 Å². The summed E-state index contributed by atoms with van der Waals surface area (Å²) in [5.74, 6) is -0.556. The van der Waals surface area contributed by atoms with Crippen LogP contribution in [0, 0.1) is 5.41 Å². The Kier molecular flexibility index (Phi) is 7.98. The summed E-state index contributed by atoms with van der Waals surface area (Å²) in [7, 11) is -3.37. The highest BCUT2D eigenvalue weighted by Gasteiger charge is 2.24. The predicted molar refractivity (Wildman–Crippen MR) is 106 cm³/mol. The smallest absolute Gasteiger partial charge is 0.242 e. The van der Waals surface area contributed by atoms with Crippen molar-refractivity contribution in [1.82, 2.24) is 15.4 Å². The molecule has 0 aliphatic heterocycles. The molecule has 0 aromatic heterocycles. The van der Waals surface area contributed by atoms with Crippen molar-refractivity contribution in [3.05, 3.63) is 35.4 Å². The lowest BCUT2D eigenvalue weighted by atomic mass is 9.95. The van der Waals surface area contributed by atoms with Crippen molar-refractivity contribution in [2.75, 3.05) is 0 Å². The van der Waals surface area contributed by atoms with Crippen LogP contribution in [0.15, 0.2) is 24.3 Å². The average Bonchev–Trinajstić information content (AvgIpc) is 2.51. The molecule has 1 aromatic carbocycles. The molecular weight excluding hydrogens is 366 g/mol. The largest absolute Gasteiger partial charge is 0.350 e. The number of carbonyl (C=O) groups excluding carboxylic acids is 2. The minimum absolute atomic E-state index is 0.0896. The number of benzene rings is 1. The van der Waals surface area contributed by atoms with Crippen molar-refractivity contribution in [3.8, 4) is 0 Å². The summed E-state index contributed by atoms with van der Waals surface area (Å²) in [6.45, 7) is 10.8. The van der Waals surface area contributed by atoms with Gasteiger partial charge in [-0.3, -0.25) is 9.59 Å². The number of nitrogens with one attached hydrogen (secondary N) is 3. The third-order valence-corrected chi connectivity index (χ3v) is 5.23. The van der Waals surface area contributed by atoms with E-state index >= 15 is 0 Å². The molecule has 0 spiro atoms. The Morgan fingerprint density at radius 2 is 1.52 bits per heavy atom. The summed E-state index contributed by atoms with van der Waals surface area (Å²) in [6, 6.07) is 6.23. The highest BCUT2D eigenvalue weighted by atomic mass is 32.2. The van der Waals surface area contributed by atoms with Crippen LogP contribution in [0.1, 0.15) is 52.7 Å². The normalized spacial score (nSPS) is 13.3. The van der Waals surface area contributed by atoms with E-state index in [0.29, 0.717) is 12.1 Å². The minimum atomic E-state index is -3.37. The summed E-state index contributed by atoms with van der Waals surface area (Å²) in [4.78, 5) is 24.0. The molecule has 0 aliphatic rings. The van der Waals surface area contributed by atoms with Crippen LogP contribution in [0.5, 0.6) is 0 Å². The number of carbonyl (C=O) groups is 2.